The van der Waals surface area contributed by atoms with Crippen LogP contribution in [0.1, 0.15) is 63.2 Å². The Kier molecular flexibility index (Phi) is 9.08. The molecule has 0 fully saturated rings. The second-order valence-corrected chi connectivity index (χ2v) is 7.74. The minimum absolute atomic E-state index is 0.171. The minimum atomic E-state index is -0.789. The predicted molar refractivity (Wildman–Crippen MR) is 106 cm³/mol. The SMILES string of the molecule is CC(C)(C)NC(=O)Nc1ccc(Cl)c(C(=O)NCCCCCCC(=O)O)c1. The van der Waals surface area contributed by atoms with Gasteiger partial charge in [0.15, 0.2) is 0 Å². The van der Waals surface area contributed by atoms with Crippen molar-refractivity contribution >= 4 is 35.2 Å². The molecular weight excluding hydrogens is 370 g/mol. The van der Waals surface area contributed by atoms with Crippen LogP contribution in [0.25, 0.3) is 0 Å². The Labute approximate surface area is 164 Å². The molecule has 0 radical (unpaired) electrons. The molecule has 0 aromatic heterocycles. The van der Waals surface area contributed by atoms with Crippen LogP contribution in [0.5, 0.6) is 0 Å². The fraction of sp³-hybridized carbons (Fsp3) is 0.526. The Morgan fingerprint density at radius 2 is 1.74 bits per heavy atom. The van der Waals surface area contributed by atoms with E-state index in [0.29, 0.717) is 23.7 Å². The van der Waals surface area contributed by atoms with Gasteiger partial charge in [0, 0.05) is 24.2 Å². The minimum Gasteiger partial charge on any atom is -0.481 e. The molecule has 0 atom stereocenters. The first-order valence-corrected chi connectivity index (χ1v) is 9.35. The highest BCUT2D eigenvalue weighted by Gasteiger charge is 2.15. The lowest BCUT2D eigenvalue weighted by Crippen LogP contribution is -2.43. The van der Waals surface area contributed by atoms with Crippen LogP contribution in [0.4, 0.5) is 10.5 Å². The normalized spacial score (nSPS) is 11.0. The number of benzene rings is 1. The van der Waals surface area contributed by atoms with Gasteiger partial charge in [-0.25, -0.2) is 4.79 Å². The van der Waals surface area contributed by atoms with Gasteiger partial charge in [0.2, 0.25) is 0 Å². The monoisotopic (exact) mass is 397 g/mol. The first kappa shape index (κ1) is 22.8. The smallest absolute Gasteiger partial charge is 0.319 e. The molecule has 0 aliphatic rings. The summed E-state index contributed by atoms with van der Waals surface area (Å²) in [5.41, 5.74) is 0.386. The van der Waals surface area contributed by atoms with Gasteiger partial charge >= 0.3 is 12.0 Å². The summed E-state index contributed by atoms with van der Waals surface area (Å²) in [4.78, 5) is 34.7. The Morgan fingerprint density at radius 1 is 1.07 bits per heavy atom. The molecule has 0 aliphatic heterocycles. The van der Waals surface area contributed by atoms with Crippen molar-refractivity contribution in [2.24, 2.45) is 0 Å². The molecule has 0 saturated carbocycles. The summed E-state index contributed by atoms with van der Waals surface area (Å²) < 4.78 is 0. The lowest BCUT2D eigenvalue weighted by Gasteiger charge is -2.21. The number of hydrogen-bond donors (Lipinski definition) is 4. The summed E-state index contributed by atoms with van der Waals surface area (Å²) in [7, 11) is 0. The van der Waals surface area contributed by atoms with Crippen LogP contribution in [-0.4, -0.2) is 35.1 Å². The molecule has 7 nitrogen and oxygen atoms in total. The van der Waals surface area contributed by atoms with Crippen LogP contribution in [0.3, 0.4) is 0 Å². The van der Waals surface area contributed by atoms with Crippen LogP contribution in [0.15, 0.2) is 18.2 Å². The summed E-state index contributed by atoms with van der Waals surface area (Å²) in [5.74, 6) is -1.10. The molecule has 4 N–H and O–H groups in total. The van der Waals surface area contributed by atoms with Gasteiger partial charge in [0.05, 0.1) is 10.6 Å². The Hall–Kier alpha value is -2.28. The average Bonchev–Trinajstić information content (AvgIpc) is 2.53. The van der Waals surface area contributed by atoms with Crippen LogP contribution in [0.2, 0.25) is 5.02 Å². The van der Waals surface area contributed by atoms with E-state index in [-0.39, 0.29) is 29.5 Å². The third-order valence-electron chi connectivity index (χ3n) is 3.56. The number of carbonyl (C=O) groups excluding carboxylic acids is 2. The molecule has 1 aromatic carbocycles. The average molecular weight is 398 g/mol. The number of nitrogens with one attached hydrogen (secondary N) is 3. The van der Waals surface area contributed by atoms with E-state index in [9.17, 15) is 14.4 Å². The van der Waals surface area contributed by atoms with Crippen molar-refractivity contribution in [3.63, 3.8) is 0 Å². The molecule has 27 heavy (non-hydrogen) atoms. The number of halogens is 1. The lowest BCUT2D eigenvalue weighted by atomic mass is 10.1. The Balaban J connectivity index is 2.50. The van der Waals surface area contributed by atoms with E-state index in [1.165, 1.54) is 6.07 Å². The number of unbranched alkanes of at least 4 members (excludes halogenated alkanes) is 3. The van der Waals surface area contributed by atoms with Crippen molar-refractivity contribution in [1.82, 2.24) is 10.6 Å². The zero-order chi connectivity index (χ0) is 20.4. The first-order chi connectivity index (χ1) is 12.6. The molecule has 3 amide bonds. The second kappa shape index (κ2) is 10.8. The van der Waals surface area contributed by atoms with Gasteiger partial charge in [0.1, 0.15) is 0 Å². The highest BCUT2D eigenvalue weighted by atomic mass is 35.5. The number of amides is 3. The Morgan fingerprint density at radius 3 is 2.37 bits per heavy atom. The number of urea groups is 1. The van der Waals surface area contributed by atoms with Crippen LogP contribution >= 0.6 is 11.6 Å². The van der Waals surface area contributed by atoms with Gasteiger partial charge in [-0.15, -0.1) is 0 Å². The highest BCUT2D eigenvalue weighted by molar-refractivity contribution is 6.34. The molecule has 0 spiro atoms. The zero-order valence-electron chi connectivity index (χ0n) is 16.0. The van der Waals surface area contributed by atoms with E-state index >= 15 is 0 Å². The standard InChI is InChI=1S/C19H28ClN3O4/c1-19(2,3)23-18(27)22-13-9-10-15(20)14(12-13)17(26)21-11-7-5-4-6-8-16(24)25/h9-10,12H,4-8,11H2,1-3H3,(H,21,26)(H,24,25)(H2,22,23,27). The van der Waals surface area contributed by atoms with Crippen molar-refractivity contribution in [1.29, 1.82) is 0 Å². The molecule has 1 rings (SSSR count). The summed E-state index contributed by atoms with van der Waals surface area (Å²) in [6.07, 6.45) is 3.22. The molecule has 0 aliphatic carbocycles. The molecule has 1 aromatic rings. The molecule has 0 saturated heterocycles. The van der Waals surface area contributed by atoms with Gasteiger partial charge in [-0.3, -0.25) is 9.59 Å². The first-order valence-electron chi connectivity index (χ1n) is 8.97. The molecule has 8 heteroatoms. The number of anilines is 1. The van der Waals surface area contributed by atoms with E-state index in [1.807, 2.05) is 20.8 Å². The van der Waals surface area contributed by atoms with Crippen molar-refractivity contribution in [2.45, 2.75) is 58.4 Å². The third-order valence-corrected chi connectivity index (χ3v) is 3.89. The number of carboxylic acids is 1. The van der Waals surface area contributed by atoms with Gasteiger partial charge in [0.25, 0.3) is 5.91 Å². The van der Waals surface area contributed by atoms with E-state index < -0.39 is 5.97 Å². The van der Waals surface area contributed by atoms with E-state index in [4.69, 9.17) is 16.7 Å². The zero-order valence-corrected chi connectivity index (χ0v) is 16.8. The number of carboxylic acid groups (broad SMARTS) is 1. The number of carbonyl (C=O) groups is 3. The van der Waals surface area contributed by atoms with Gasteiger partial charge in [-0.05, 0) is 51.8 Å². The van der Waals surface area contributed by atoms with Crippen molar-refractivity contribution in [3.05, 3.63) is 28.8 Å². The number of aliphatic carboxylic acids is 1. The Bertz CT molecular complexity index is 671. The van der Waals surface area contributed by atoms with Gasteiger partial charge in [-0.1, -0.05) is 24.4 Å². The number of rotatable bonds is 9. The van der Waals surface area contributed by atoms with E-state index in [2.05, 4.69) is 16.0 Å². The summed E-state index contributed by atoms with van der Waals surface area (Å²) in [6.45, 7) is 6.09. The summed E-state index contributed by atoms with van der Waals surface area (Å²) in [6, 6.07) is 4.36. The molecule has 150 valence electrons. The van der Waals surface area contributed by atoms with Crippen LogP contribution in [-0.2, 0) is 4.79 Å². The quantitative estimate of drug-likeness (QED) is 0.472. The highest BCUT2D eigenvalue weighted by Crippen LogP contribution is 2.21. The van der Waals surface area contributed by atoms with E-state index in [1.54, 1.807) is 12.1 Å². The predicted octanol–water partition coefficient (Wildman–Crippen LogP) is 4.02. The lowest BCUT2D eigenvalue weighted by molar-refractivity contribution is -0.137. The molecular formula is C19H28ClN3O4. The maximum Gasteiger partial charge on any atom is 0.319 e. The van der Waals surface area contributed by atoms with Crippen LogP contribution in [0, 0.1) is 0 Å². The van der Waals surface area contributed by atoms with E-state index in [0.717, 1.165) is 19.3 Å². The molecule has 0 bridgehead atoms. The summed E-state index contributed by atoms with van der Waals surface area (Å²) in [5, 5.41) is 17.1. The van der Waals surface area contributed by atoms with Crippen LogP contribution < -0.4 is 16.0 Å². The van der Waals surface area contributed by atoms with Gasteiger partial charge in [-0.2, -0.15) is 0 Å². The molecule has 0 unspecified atom stereocenters. The third kappa shape index (κ3) is 9.84. The topological polar surface area (TPSA) is 108 Å². The number of hydrogen-bond acceptors (Lipinski definition) is 3. The summed E-state index contributed by atoms with van der Waals surface area (Å²) >= 11 is 6.10. The largest absolute Gasteiger partial charge is 0.481 e. The van der Waals surface area contributed by atoms with Gasteiger partial charge < -0.3 is 21.1 Å². The fourth-order valence-electron chi connectivity index (χ4n) is 2.33. The van der Waals surface area contributed by atoms with Crippen molar-refractivity contribution in [2.75, 3.05) is 11.9 Å². The maximum absolute atomic E-state index is 12.3. The molecule has 0 heterocycles. The van der Waals surface area contributed by atoms with Crippen molar-refractivity contribution in [3.8, 4) is 0 Å². The second-order valence-electron chi connectivity index (χ2n) is 7.34. The maximum atomic E-state index is 12.3. The van der Waals surface area contributed by atoms with Crippen molar-refractivity contribution < 1.29 is 19.5 Å². The fourth-order valence-corrected chi connectivity index (χ4v) is 2.54.